The summed E-state index contributed by atoms with van der Waals surface area (Å²) in [5, 5.41) is 82.6. The highest BCUT2D eigenvalue weighted by Gasteiger charge is 2.50. The van der Waals surface area contributed by atoms with Crippen LogP contribution in [0.15, 0.2) is 45.6 Å². The van der Waals surface area contributed by atoms with E-state index in [1.807, 2.05) is 0 Å². The van der Waals surface area contributed by atoms with Gasteiger partial charge in [-0.05, 0) is 31.2 Å². The lowest BCUT2D eigenvalue weighted by atomic mass is 9.97. The molecule has 0 saturated carbocycles. The van der Waals surface area contributed by atoms with Gasteiger partial charge in [-0.3, -0.25) is 9.59 Å². The molecular formula is C29H32O16. The molecule has 0 bridgehead atoms. The van der Waals surface area contributed by atoms with E-state index in [1.54, 1.807) is 0 Å². The zero-order valence-corrected chi connectivity index (χ0v) is 23.8. The van der Waals surface area contributed by atoms with E-state index in [2.05, 4.69) is 0 Å². The van der Waals surface area contributed by atoms with Crippen LogP contribution in [-0.2, 0) is 23.7 Å². The summed E-state index contributed by atoms with van der Waals surface area (Å²) in [5.41, 5.74) is -0.902. The van der Waals surface area contributed by atoms with Crippen LogP contribution in [0.2, 0.25) is 0 Å². The van der Waals surface area contributed by atoms with Gasteiger partial charge in [0, 0.05) is 24.6 Å². The van der Waals surface area contributed by atoms with Crippen LogP contribution in [0.3, 0.4) is 0 Å². The molecule has 10 atom stereocenters. The zero-order chi connectivity index (χ0) is 32.7. The molecule has 3 aromatic rings. The van der Waals surface area contributed by atoms with Gasteiger partial charge < -0.3 is 69.0 Å². The van der Waals surface area contributed by atoms with Crippen LogP contribution in [0.25, 0.3) is 22.3 Å². The van der Waals surface area contributed by atoms with Gasteiger partial charge in [-0.1, -0.05) is 0 Å². The minimum absolute atomic E-state index is 0.0968. The average Bonchev–Trinajstić information content (AvgIpc) is 2.98. The molecular weight excluding hydrogens is 604 g/mol. The van der Waals surface area contributed by atoms with Crippen molar-refractivity contribution in [3.05, 3.63) is 46.6 Å². The molecule has 1 aromatic heterocycles. The highest BCUT2D eigenvalue weighted by Crippen LogP contribution is 2.38. The third-order valence-electron chi connectivity index (χ3n) is 7.47. The zero-order valence-electron chi connectivity index (χ0n) is 23.8. The Morgan fingerprint density at radius 2 is 1.51 bits per heavy atom. The number of ether oxygens (including phenoxy) is 5. The lowest BCUT2D eigenvalue weighted by molar-refractivity contribution is -0.349. The molecule has 2 fully saturated rings. The Morgan fingerprint density at radius 3 is 2.18 bits per heavy atom. The van der Waals surface area contributed by atoms with E-state index in [1.165, 1.54) is 31.2 Å². The summed E-state index contributed by atoms with van der Waals surface area (Å²) in [6, 6.07) is 7.40. The minimum atomic E-state index is -1.91. The molecule has 2 aliphatic rings. The summed E-state index contributed by atoms with van der Waals surface area (Å²) < 4.78 is 33.3. The van der Waals surface area contributed by atoms with E-state index in [0.29, 0.717) is 0 Å². The number of phenolic OH excluding ortho intramolecular Hbond substituents is 3. The van der Waals surface area contributed by atoms with Crippen molar-refractivity contribution in [1.82, 2.24) is 0 Å². The molecule has 8 N–H and O–H groups in total. The lowest BCUT2D eigenvalue weighted by Gasteiger charge is -2.45. The fourth-order valence-electron chi connectivity index (χ4n) is 5.11. The summed E-state index contributed by atoms with van der Waals surface area (Å²) in [6.07, 6.45) is -16.2. The van der Waals surface area contributed by atoms with Gasteiger partial charge in [0.05, 0.1) is 6.10 Å². The number of carbonyl (C=O) groups excluding carboxylic acids is 1. The maximum Gasteiger partial charge on any atom is 0.302 e. The monoisotopic (exact) mass is 636 g/mol. The van der Waals surface area contributed by atoms with Gasteiger partial charge in [0.1, 0.15) is 77.6 Å². The molecule has 244 valence electrons. The quantitative estimate of drug-likeness (QED) is 0.147. The second kappa shape index (κ2) is 12.8. The van der Waals surface area contributed by atoms with Gasteiger partial charge in [0.2, 0.25) is 17.5 Å². The van der Waals surface area contributed by atoms with Gasteiger partial charge in [-0.15, -0.1) is 0 Å². The van der Waals surface area contributed by atoms with Gasteiger partial charge in [0.25, 0.3) is 0 Å². The molecule has 0 radical (unpaired) electrons. The number of esters is 1. The number of rotatable bonds is 7. The summed E-state index contributed by atoms with van der Waals surface area (Å²) in [4.78, 5) is 24.8. The molecule has 3 heterocycles. The maximum absolute atomic E-state index is 13.6. The van der Waals surface area contributed by atoms with Crippen LogP contribution < -0.4 is 10.2 Å². The second-order valence-electron chi connectivity index (χ2n) is 10.7. The molecule has 2 saturated heterocycles. The molecule has 5 rings (SSSR count). The molecule has 45 heavy (non-hydrogen) atoms. The van der Waals surface area contributed by atoms with Gasteiger partial charge in [-0.25, -0.2) is 0 Å². The molecule has 2 aromatic carbocycles. The Labute approximate surface area is 253 Å². The van der Waals surface area contributed by atoms with Crippen LogP contribution in [-0.4, -0.2) is 115 Å². The fraction of sp³-hybridized carbons (Fsp3) is 0.448. The Balaban J connectivity index is 1.41. The number of hydrogen-bond acceptors (Lipinski definition) is 16. The molecule has 0 amide bonds. The highest BCUT2D eigenvalue weighted by atomic mass is 16.7. The van der Waals surface area contributed by atoms with Crippen molar-refractivity contribution >= 4 is 16.9 Å². The summed E-state index contributed by atoms with van der Waals surface area (Å²) >= 11 is 0. The molecule has 0 spiro atoms. The summed E-state index contributed by atoms with van der Waals surface area (Å²) in [6.45, 7) is 2.05. The number of phenols is 3. The first-order valence-electron chi connectivity index (χ1n) is 13.8. The van der Waals surface area contributed by atoms with Gasteiger partial charge >= 0.3 is 5.97 Å². The van der Waals surface area contributed by atoms with Crippen molar-refractivity contribution in [3.63, 3.8) is 0 Å². The third-order valence-corrected chi connectivity index (χ3v) is 7.47. The van der Waals surface area contributed by atoms with Crippen LogP contribution in [0.1, 0.15) is 13.8 Å². The molecule has 2 aliphatic heterocycles. The number of benzene rings is 2. The topological polar surface area (TPSA) is 255 Å². The van der Waals surface area contributed by atoms with E-state index in [4.69, 9.17) is 28.1 Å². The van der Waals surface area contributed by atoms with Crippen molar-refractivity contribution in [2.45, 2.75) is 75.3 Å². The van der Waals surface area contributed by atoms with Crippen molar-refractivity contribution in [2.24, 2.45) is 0 Å². The first-order chi connectivity index (χ1) is 21.3. The Hall–Kier alpha value is -4.00. The van der Waals surface area contributed by atoms with E-state index in [0.717, 1.165) is 19.1 Å². The van der Waals surface area contributed by atoms with E-state index in [9.17, 15) is 50.4 Å². The van der Waals surface area contributed by atoms with E-state index >= 15 is 0 Å². The lowest BCUT2D eigenvalue weighted by Crippen LogP contribution is -2.64. The van der Waals surface area contributed by atoms with Gasteiger partial charge in [-0.2, -0.15) is 0 Å². The van der Waals surface area contributed by atoms with E-state index < -0.39 is 96.7 Å². The molecule has 0 unspecified atom stereocenters. The van der Waals surface area contributed by atoms with Gasteiger partial charge in [0.15, 0.2) is 12.1 Å². The van der Waals surface area contributed by atoms with E-state index in [-0.39, 0.29) is 28.0 Å². The second-order valence-corrected chi connectivity index (χ2v) is 10.7. The smallest absolute Gasteiger partial charge is 0.302 e. The predicted molar refractivity (Wildman–Crippen MR) is 148 cm³/mol. The number of carbonyl (C=O) groups is 1. The van der Waals surface area contributed by atoms with Crippen LogP contribution >= 0.6 is 0 Å². The predicted octanol–water partition coefficient (Wildman–Crippen LogP) is -0.822. The number of hydrogen-bond donors (Lipinski definition) is 8. The molecule has 16 nitrogen and oxygen atoms in total. The maximum atomic E-state index is 13.6. The number of aliphatic hydroxyl groups is 5. The van der Waals surface area contributed by atoms with Crippen LogP contribution in [0, 0.1) is 0 Å². The number of fused-ring (bicyclic) bond motifs is 1. The Kier molecular flexibility index (Phi) is 9.20. The minimum Gasteiger partial charge on any atom is -0.508 e. The average molecular weight is 637 g/mol. The Morgan fingerprint density at radius 1 is 0.844 bits per heavy atom. The normalized spacial score (nSPS) is 31.9. The van der Waals surface area contributed by atoms with Crippen molar-refractivity contribution in [2.75, 3.05) is 6.61 Å². The standard InChI is InChI=1S/C29H32O16/c1-10-25(44-29-23(38)21(36)19(34)17(43-29)9-40-11(2)30)22(37)24(39)28(41-10)45-27-20(35)18-15(33)7-14(32)8-16(18)42-26(27)12-3-5-13(31)6-4-12/h3-8,10,17,19,21-25,28-29,31-34,36-39H,9H2,1-2H3/t10-,17+,19+,21-,22-,23+,24+,25-,28-,29+/m0/s1. The fourth-order valence-corrected chi connectivity index (χ4v) is 5.11. The largest absolute Gasteiger partial charge is 0.508 e. The first kappa shape index (κ1) is 32.4. The Bertz CT molecular complexity index is 1590. The van der Waals surface area contributed by atoms with Crippen molar-refractivity contribution in [1.29, 1.82) is 0 Å². The van der Waals surface area contributed by atoms with Crippen molar-refractivity contribution in [3.8, 4) is 34.3 Å². The van der Waals surface area contributed by atoms with Crippen LogP contribution in [0.4, 0.5) is 0 Å². The summed E-state index contributed by atoms with van der Waals surface area (Å²) in [5.74, 6) is -2.58. The molecule has 0 aliphatic carbocycles. The first-order valence-corrected chi connectivity index (χ1v) is 13.8. The number of aliphatic hydroxyl groups excluding tert-OH is 5. The highest BCUT2D eigenvalue weighted by molar-refractivity contribution is 5.88. The summed E-state index contributed by atoms with van der Waals surface area (Å²) in [7, 11) is 0. The third kappa shape index (κ3) is 6.40. The molecule has 16 heteroatoms. The van der Waals surface area contributed by atoms with Crippen molar-refractivity contribution < 1.29 is 73.7 Å². The van der Waals surface area contributed by atoms with Crippen LogP contribution in [0.5, 0.6) is 23.0 Å². The number of aromatic hydroxyl groups is 3. The SMILES string of the molecule is CC(=O)OC[C@H]1O[C@H](O[C@@H]2[C@@H](O)[C@@H](O)[C@H](Oc3c(-c4ccc(O)cc4)oc4cc(O)cc(O)c4c3=O)O[C@H]2C)[C@H](O)[C@@H](O)[C@@H]1O.